The molecule has 0 amide bonds. The van der Waals surface area contributed by atoms with Gasteiger partial charge < -0.3 is 15.2 Å². The Labute approximate surface area is 133 Å². The molecule has 2 aromatic rings. The number of nitrogens with two attached hydrogens (primary N) is 1. The zero-order valence-corrected chi connectivity index (χ0v) is 12.8. The molecule has 2 N–H and O–H groups in total. The summed E-state index contributed by atoms with van der Waals surface area (Å²) in [5.41, 5.74) is 6.53. The minimum absolute atomic E-state index is 0.110. The van der Waals surface area contributed by atoms with Crippen LogP contribution in [0.2, 0.25) is 5.02 Å². The normalized spacial score (nSPS) is 17.2. The van der Waals surface area contributed by atoms with Crippen molar-refractivity contribution in [1.29, 1.82) is 0 Å². The van der Waals surface area contributed by atoms with E-state index in [4.69, 9.17) is 26.8 Å². The van der Waals surface area contributed by atoms with Crippen LogP contribution in [-0.4, -0.2) is 13.2 Å². The van der Waals surface area contributed by atoms with Gasteiger partial charge in [0.25, 0.3) is 0 Å². The van der Waals surface area contributed by atoms with Gasteiger partial charge >= 0.3 is 0 Å². The molecule has 0 saturated carbocycles. The van der Waals surface area contributed by atoms with E-state index in [0.29, 0.717) is 37.5 Å². The van der Waals surface area contributed by atoms with Crippen molar-refractivity contribution in [3.63, 3.8) is 0 Å². The van der Waals surface area contributed by atoms with Gasteiger partial charge in [-0.05, 0) is 42.0 Å². The van der Waals surface area contributed by atoms with E-state index < -0.39 is 11.4 Å². The molecule has 0 unspecified atom stereocenters. The Hall–Kier alpha value is -1.78. The number of benzene rings is 2. The average Bonchev–Trinajstić information content (AvgIpc) is 2.53. The van der Waals surface area contributed by atoms with Crippen LogP contribution >= 0.6 is 11.6 Å². The maximum atomic E-state index is 13.9. The van der Waals surface area contributed by atoms with Gasteiger partial charge in [0, 0.05) is 18.5 Å². The van der Waals surface area contributed by atoms with Gasteiger partial charge in [-0.1, -0.05) is 17.7 Å². The zero-order valence-electron chi connectivity index (χ0n) is 12.0. The van der Waals surface area contributed by atoms with Crippen LogP contribution in [0.3, 0.4) is 0 Å². The highest BCUT2D eigenvalue weighted by Gasteiger charge is 2.37. The topological polar surface area (TPSA) is 44.5 Å². The summed E-state index contributed by atoms with van der Waals surface area (Å²) in [6.45, 7) is 1.14. The SMILES string of the molecule is Nc1ccc(OC2(c3ccc(Cl)c(F)c3)CCOCC2)cc1. The summed E-state index contributed by atoms with van der Waals surface area (Å²) < 4.78 is 25.5. The smallest absolute Gasteiger partial charge is 0.142 e. The first-order valence-electron chi connectivity index (χ1n) is 7.17. The standard InChI is InChI=1S/C17H17ClFNO2/c18-15-6-1-12(11-16(15)19)17(7-9-21-10-8-17)22-14-4-2-13(20)3-5-14/h1-6,11H,7-10,20H2. The van der Waals surface area contributed by atoms with Gasteiger partial charge in [0.1, 0.15) is 17.2 Å². The summed E-state index contributed by atoms with van der Waals surface area (Å²) in [7, 11) is 0. The molecule has 0 spiro atoms. The number of hydrogen-bond donors (Lipinski definition) is 1. The lowest BCUT2D eigenvalue weighted by Gasteiger charge is -2.38. The van der Waals surface area contributed by atoms with Gasteiger partial charge in [0.15, 0.2) is 0 Å². The fraction of sp³-hybridized carbons (Fsp3) is 0.294. The van der Waals surface area contributed by atoms with Crippen molar-refractivity contribution in [1.82, 2.24) is 0 Å². The number of rotatable bonds is 3. The Morgan fingerprint density at radius 3 is 2.41 bits per heavy atom. The van der Waals surface area contributed by atoms with Gasteiger partial charge in [-0.2, -0.15) is 0 Å². The monoisotopic (exact) mass is 321 g/mol. The molecule has 22 heavy (non-hydrogen) atoms. The van der Waals surface area contributed by atoms with Crippen LogP contribution in [0, 0.1) is 5.82 Å². The summed E-state index contributed by atoms with van der Waals surface area (Å²) in [5, 5.41) is 0.110. The maximum absolute atomic E-state index is 13.9. The Balaban J connectivity index is 1.96. The third-order valence-electron chi connectivity index (χ3n) is 3.94. The van der Waals surface area contributed by atoms with Crippen LogP contribution in [0.1, 0.15) is 18.4 Å². The quantitative estimate of drug-likeness (QED) is 0.864. The first-order chi connectivity index (χ1) is 10.6. The van der Waals surface area contributed by atoms with Gasteiger partial charge in [-0.25, -0.2) is 4.39 Å². The minimum Gasteiger partial charge on any atom is -0.482 e. The lowest BCUT2D eigenvalue weighted by molar-refractivity contribution is -0.0502. The summed E-state index contributed by atoms with van der Waals surface area (Å²) in [5.74, 6) is 0.261. The molecule has 3 rings (SSSR count). The third kappa shape index (κ3) is 3.03. The predicted molar refractivity (Wildman–Crippen MR) is 84.6 cm³/mol. The van der Waals surface area contributed by atoms with Crippen molar-refractivity contribution in [3.05, 3.63) is 58.9 Å². The summed E-state index contributed by atoms with van der Waals surface area (Å²) in [6.07, 6.45) is 1.30. The van der Waals surface area contributed by atoms with Crippen LogP contribution in [0.25, 0.3) is 0 Å². The molecule has 0 aromatic heterocycles. The van der Waals surface area contributed by atoms with Crippen LogP contribution < -0.4 is 10.5 Å². The fourth-order valence-corrected chi connectivity index (χ4v) is 2.81. The first kappa shape index (κ1) is 15.1. The number of anilines is 1. The zero-order chi connectivity index (χ0) is 15.6. The second-order valence-corrected chi connectivity index (χ2v) is 5.81. The van der Waals surface area contributed by atoms with Crippen molar-refractivity contribution in [2.75, 3.05) is 18.9 Å². The van der Waals surface area contributed by atoms with E-state index in [1.54, 1.807) is 18.2 Å². The van der Waals surface area contributed by atoms with E-state index in [-0.39, 0.29) is 5.02 Å². The molecule has 0 bridgehead atoms. The summed E-state index contributed by atoms with van der Waals surface area (Å²) in [4.78, 5) is 0. The largest absolute Gasteiger partial charge is 0.482 e. The molecule has 1 aliphatic rings. The average molecular weight is 322 g/mol. The van der Waals surface area contributed by atoms with E-state index in [1.165, 1.54) is 6.07 Å². The van der Waals surface area contributed by atoms with Crippen LogP contribution in [-0.2, 0) is 10.3 Å². The van der Waals surface area contributed by atoms with Crippen LogP contribution in [0.5, 0.6) is 5.75 Å². The lowest BCUT2D eigenvalue weighted by Crippen LogP contribution is -2.39. The Morgan fingerprint density at radius 1 is 1.09 bits per heavy atom. The van der Waals surface area contributed by atoms with Gasteiger partial charge in [-0.15, -0.1) is 0 Å². The molecule has 1 fully saturated rings. The molecule has 116 valence electrons. The molecule has 0 radical (unpaired) electrons. The number of hydrogen-bond acceptors (Lipinski definition) is 3. The van der Waals surface area contributed by atoms with Crippen molar-refractivity contribution in [2.24, 2.45) is 0 Å². The summed E-state index contributed by atoms with van der Waals surface area (Å²) in [6, 6.07) is 12.0. The second kappa shape index (κ2) is 6.15. The molecule has 3 nitrogen and oxygen atoms in total. The predicted octanol–water partition coefficient (Wildman–Crippen LogP) is 4.15. The number of halogens is 2. The van der Waals surface area contributed by atoms with Crippen molar-refractivity contribution >= 4 is 17.3 Å². The Bertz CT molecular complexity index is 654. The molecule has 1 heterocycles. The number of nitrogen functional groups attached to an aromatic ring is 1. The lowest BCUT2D eigenvalue weighted by atomic mass is 9.86. The Morgan fingerprint density at radius 2 is 1.77 bits per heavy atom. The van der Waals surface area contributed by atoms with Crippen molar-refractivity contribution in [2.45, 2.75) is 18.4 Å². The first-order valence-corrected chi connectivity index (χ1v) is 7.55. The highest BCUT2D eigenvalue weighted by molar-refractivity contribution is 6.30. The van der Waals surface area contributed by atoms with E-state index in [1.807, 2.05) is 18.2 Å². The third-order valence-corrected chi connectivity index (χ3v) is 4.25. The van der Waals surface area contributed by atoms with Crippen LogP contribution in [0.15, 0.2) is 42.5 Å². The van der Waals surface area contributed by atoms with E-state index in [2.05, 4.69) is 0 Å². The van der Waals surface area contributed by atoms with E-state index in [0.717, 1.165) is 5.56 Å². The van der Waals surface area contributed by atoms with Crippen molar-refractivity contribution in [3.8, 4) is 5.75 Å². The van der Waals surface area contributed by atoms with Gasteiger partial charge in [-0.3, -0.25) is 0 Å². The van der Waals surface area contributed by atoms with Gasteiger partial charge in [0.2, 0.25) is 0 Å². The molecule has 1 aliphatic heterocycles. The molecule has 0 aliphatic carbocycles. The highest BCUT2D eigenvalue weighted by Crippen LogP contribution is 2.38. The Kier molecular flexibility index (Phi) is 4.23. The van der Waals surface area contributed by atoms with Crippen LogP contribution in [0.4, 0.5) is 10.1 Å². The molecule has 0 atom stereocenters. The number of ether oxygens (including phenoxy) is 2. The molecular weight excluding hydrogens is 305 g/mol. The molecule has 5 heteroatoms. The summed E-state index contributed by atoms with van der Waals surface area (Å²) >= 11 is 5.79. The van der Waals surface area contributed by atoms with Gasteiger partial charge in [0.05, 0.1) is 18.2 Å². The van der Waals surface area contributed by atoms with E-state index >= 15 is 0 Å². The molecular formula is C17H17ClFNO2. The van der Waals surface area contributed by atoms with E-state index in [9.17, 15) is 4.39 Å². The maximum Gasteiger partial charge on any atom is 0.142 e. The molecule has 1 saturated heterocycles. The molecule has 2 aromatic carbocycles. The van der Waals surface area contributed by atoms with Crippen molar-refractivity contribution < 1.29 is 13.9 Å². The fourth-order valence-electron chi connectivity index (χ4n) is 2.69. The minimum atomic E-state index is -0.611. The second-order valence-electron chi connectivity index (χ2n) is 5.41. The highest BCUT2D eigenvalue weighted by atomic mass is 35.5.